The fourth-order valence-corrected chi connectivity index (χ4v) is 4.56. The first-order valence-corrected chi connectivity index (χ1v) is 9.29. The predicted molar refractivity (Wildman–Crippen MR) is 97.9 cm³/mol. The molecule has 2 aromatic rings. The summed E-state index contributed by atoms with van der Waals surface area (Å²) in [5.41, 5.74) is 1.64. The van der Waals surface area contributed by atoms with E-state index in [2.05, 4.69) is 9.88 Å². The van der Waals surface area contributed by atoms with Crippen LogP contribution in [0.5, 0.6) is 0 Å². The Hall–Kier alpha value is -2.41. The largest absolute Gasteiger partial charge is 0.368 e. The first kappa shape index (κ1) is 16.1. The number of amides is 2. The molecular weight excluding hydrogens is 336 g/mol. The lowest BCUT2D eigenvalue weighted by molar-refractivity contribution is -0.142. The van der Waals surface area contributed by atoms with Crippen LogP contribution in [0.2, 0.25) is 0 Å². The molecule has 130 valence electrons. The molecule has 2 fully saturated rings. The lowest BCUT2D eigenvalue weighted by atomic mass is 9.92. The lowest BCUT2D eigenvalue weighted by Crippen LogP contribution is -2.66. The minimum Gasteiger partial charge on any atom is -0.368 e. The van der Waals surface area contributed by atoms with Gasteiger partial charge in [0, 0.05) is 31.6 Å². The Morgan fingerprint density at radius 3 is 2.84 bits per heavy atom. The summed E-state index contributed by atoms with van der Waals surface area (Å²) in [7, 11) is 0. The van der Waals surface area contributed by atoms with Crippen molar-refractivity contribution in [2.24, 2.45) is 0 Å². The Balaban J connectivity index is 1.65. The van der Waals surface area contributed by atoms with Crippen molar-refractivity contribution in [2.45, 2.75) is 18.9 Å². The van der Waals surface area contributed by atoms with E-state index in [0.717, 1.165) is 24.3 Å². The highest BCUT2D eigenvalue weighted by Gasteiger charge is 2.50. The Morgan fingerprint density at radius 1 is 1.28 bits per heavy atom. The van der Waals surface area contributed by atoms with Gasteiger partial charge in [-0.1, -0.05) is 0 Å². The van der Waals surface area contributed by atoms with Crippen molar-refractivity contribution in [3.05, 3.63) is 41.4 Å². The molecule has 2 saturated heterocycles. The Morgan fingerprint density at radius 2 is 2.16 bits per heavy atom. The van der Waals surface area contributed by atoms with Gasteiger partial charge in [-0.2, -0.15) is 11.3 Å². The van der Waals surface area contributed by atoms with E-state index >= 15 is 0 Å². The maximum Gasteiger partial charge on any atom is 0.246 e. The molecule has 2 aliphatic rings. The molecule has 25 heavy (non-hydrogen) atoms. The average Bonchev–Trinajstić information content (AvgIpc) is 3.28. The standard InChI is InChI=1S/C18H20N4O2S/c1-14(23)22-10-17(24)21(16-4-8-25-11-16)13-18(22)5-7-20(12-18)15-3-2-6-19-9-15/h2-4,6,8-9,11H,5,7,10,12-13H2,1H3. The van der Waals surface area contributed by atoms with Gasteiger partial charge in [-0.3, -0.25) is 14.6 Å². The van der Waals surface area contributed by atoms with Crippen molar-refractivity contribution in [1.29, 1.82) is 0 Å². The summed E-state index contributed by atoms with van der Waals surface area (Å²) in [4.78, 5) is 34.9. The van der Waals surface area contributed by atoms with Gasteiger partial charge in [-0.25, -0.2) is 0 Å². The van der Waals surface area contributed by atoms with Crippen molar-refractivity contribution in [1.82, 2.24) is 9.88 Å². The highest BCUT2D eigenvalue weighted by molar-refractivity contribution is 7.08. The van der Waals surface area contributed by atoms with Crippen LogP contribution in [0.1, 0.15) is 13.3 Å². The topological polar surface area (TPSA) is 56.8 Å². The van der Waals surface area contributed by atoms with Gasteiger partial charge in [0.1, 0.15) is 6.54 Å². The number of rotatable bonds is 2. The third kappa shape index (κ3) is 2.78. The number of nitrogens with zero attached hydrogens (tertiary/aromatic N) is 4. The minimum atomic E-state index is -0.350. The summed E-state index contributed by atoms with van der Waals surface area (Å²) < 4.78 is 0. The Labute approximate surface area is 150 Å². The van der Waals surface area contributed by atoms with E-state index in [0.29, 0.717) is 13.1 Å². The first-order valence-electron chi connectivity index (χ1n) is 8.35. The summed E-state index contributed by atoms with van der Waals surface area (Å²) in [5, 5.41) is 3.96. The van der Waals surface area contributed by atoms with Crippen molar-refractivity contribution < 1.29 is 9.59 Å². The van der Waals surface area contributed by atoms with Crippen LogP contribution < -0.4 is 9.80 Å². The minimum absolute atomic E-state index is 0.0148. The van der Waals surface area contributed by atoms with Gasteiger partial charge >= 0.3 is 0 Å². The van der Waals surface area contributed by atoms with Crippen LogP contribution in [0.3, 0.4) is 0 Å². The third-order valence-corrected chi connectivity index (χ3v) is 5.83. The van der Waals surface area contributed by atoms with E-state index in [1.807, 2.05) is 40.1 Å². The molecule has 6 nitrogen and oxygen atoms in total. The van der Waals surface area contributed by atoms with Gasteiger partial charge < -0.3 is 14.7 Å². The molecule has 2 aliphatic heterocycles. The monoisotopic (exact) mass is 356 g/mol. The summed E-state index contributed by atoms with van der Waals surface area (Å²) in [6.07, 6.45) is 4.45. The van der Waals surface area contributed by atoms with E-state index in [4.69, 9.17) is 0 Å². The zero-order valence-electron chi connectivity index (χ0n) is 14.1. The van der Waals surface area contributed by atoms with E-state index < -0.39 is 0 Å². The Bertz CT molecular complexity index is 780. The lowest BCUT2D eigenvalue weighted by Gasteiger charge is -2.48. The zero-order valence-corrected chi connectivity index (χ0v) is 14.9. The number of hydrogen-bond acceptors (Lipinski definition) is 5. The molecule has 0 aliphatic carbocycles. The molecule has 0 saturated carbocycles. The molecule has 4 heterocycles. The molecule has 7 heteroatoms. The number of hydrogen-bond donors (Lipinski definition) is 0. The number of anilines is 2. The van der Waals surface area contributed by atoms with E-state index in [9.17, 15) is 9.59 Å². The van der Waals surface area contributed by atoms with Gasteiger partial charge in [-0.15, -0.1) is 0 Å². The first-order chi connectivity index (χ1) is 12.1. The predicted octanol–water partition coefficient (Wildman–Crippen LogP) is 1.99. The second-order valence-corrected chi connectivity index (χ2v) is 7.45. The molecule has 1 spiro atoms. The summed E-state index contributed by atoms with van der Waals surface area (Å²) in [6, 6.07) is 5.92. The smallest absolute Gasteiger partial charge is 0.246 e. The molecule has 2 aromatic heterocycles. The van der Waals surface area contributed by atoms with Crippen LogP contribution in [0.15, 0.2) is 41.4 Å². The number of piperazine rings is 1. The quantitative estimate of drug-likeness (QED) is 0.826. The molecule has 0 aromatic carbocycles. The number of aromatic nitrogens is 1. The average molecular weight is 356 g/mol. The Kier molecular flexibility index (Phi) is 3.95. The van der Waals surface area contributed by atoms with E-state index in [-0.39, 0.29) is 23.9 Å². The fourth-order valence-electron chi connectivity index (χ4n) is 3.91. The fraction of sp³-hybridized carbons (Fsp3) is 0.389. The third-order valence-electron chi connectivity index (χ3n) is 5.16. The summed E-state index contributed by atoms with van der Waals surface area (Å²) in [5.74, 6) is -0.0505. The van der Waals surface area contributed by atoms with E-state index in [1.54, 1.807) is 29.4 Å². The highest BCUT2D eigenvalue weighted by Crippen LogP contribution is 2.36. The molecule has 0 N–H and O–H groups in total. The second-order valence-electron chi connectivity index (χ2n) is 6.67. The molecule has 4 rings (SSSR count). The molecule has 1 unspecified atom stereocenters. The van der Waals surface area contributed by atoms with Crippen molar-refractivity contribution in [2.75, 3.05) is 36.0 Å². The molecule has 0 radical (unpaired) electrons. The van der Waals surface area contributed by atoms with Crippen LogP contribution in [-0.4, -0.2) is 53.4 Å². The summed E-state index contributed by atoms with van der Waals surface area (Å²) >= 11 is 1.58. The van der Waals surface area contributed by atoms with Gasteiger partial charge in [0.2, 0.25) is 11.8 Å². The van der Waals surface area contributed by atoms with Crippen LogP contribution in [0.25, 0.3) is 0 Å². The number of thiophene rings is 1. The maximum atomic E-state index is 12.6. The number of carbonyl (C=O) groups excluding carboxylic acids is 2. The summed E-state index contributed by atoms with van der Waals surface area (Å²) in [6.45, 7) is 3.81. The van der Waals surface area contributed by atoms with Crippen molar-refractivity contribution >= 4 is 34.5 Å². The highest BCUT2D eigenvalue weighted by atomic mass is 32.1. The molecule has 2 amide bonds. The van der Waals surface area contributed by atoms with Crippen molar-refractivity contribution in [3.63, 3.8) is 0 Å². The zero-order chi connectivity index (χ0) is 17.4. The van der Waals surface area contributed by atoms with Crippen molar-refractivity contribution in [3.8, 4) is 0 Å². The van der Waals surface area contributed by atoms with Crippen LogP contribution >= 0.6 is 11.3 Å². The van der Waals surface area contributed by atoms with Gasteiger partial charge in [0.25, 0.3) is 0 Å². The van der Waals surface area contributed by atoms with Crippen LogP contribution in [0, 0.1) is 0 Å². The second kappa shape index (κ2) is 6.15. The SMILES string of the molecule is CC(=O)N1CC(=O)N(c2ccsc2)CC12CCN(c1cccnc1)C2. The van der Waals surface area contributed by atoms with Gasteiger partial charge in [-0.05, 0) is 30.0 Å². The van der Waals surface area contributed by atoms with Gasteiger partial charge in [0.15, 0.2) is 0 Å². The molecule has 0 bridgehead atoms. The molecule has 1 atom stereocenters. The van der Waals surface area contributed by atoms with Gasteiger partial charge in [0.05, 0.1) is 29.7 Å². The normalized spacial score (nSPS) is 23.6. The van der Waals surface area contributed by atoms with Crippen LogP contribution in [0.4, 0.5) is 11.4 Å². The maximum absolute atomic E-state index is 12.6. The number of pyridine rings is 1. The van der Waals surface area contributed by atoms with E-state index in [1.165, 1.54) is 0 Å². The number of carbonyl (C=O) groups is 2. The van der Waals surface area contributed by atoms with Crippen LogP contribution in [-0.2, 0) is 9.59 Å². The molecular formula is C18H20N4O2S.